The minimum Gasteiger partial charge on any atom is -0.497 e. The minimum atomic E-state index is -3.76. The lowest BCUT2D eigenvalue weighted by Gasteiger charge is -2.35. The zero-order valence-corrected chi connectivity index (χ0v) is 45.9. The second kappa shape index (κ2) is 29.7. The SMILES string of the molecule is CN(C)C1CCN(C(=O)c2ccc(N)cn2)CC1.CN(C)C1CCNCC1.COc1cc(C)c(S(=O)(=O)N(C)CCC(=O)Cc2ccc(C(=O)N3CCC(N(C)C)CC3)nc2)c(C)c1.Nc1ccc(OC=O)nc1. The van der Waals surface area contributed by atoms with Crippen LogP contribution in [0.15, 0.2) is 72.0 Å². The standard InChI is InChI=1S/C27H38N4O5S.C13H20N4O.C7H16N2.C6H6N2O2/c1-19-15-24(36-6)16-20(2)26(19)37(34,35)30(5)12-11-23(32)17-21-7-8-25(28-18-21)27(33)31-13-9-22(10-14-31)29(3)4;1-16(2)11-5-7-17(8-6-11)13(18)12-4-3-10(14)9-15-12;1-9(2)7-3-5-8-6-4-7;7-5-1-2-6(8-3-5)10-4-9/h7-8,15-16,18,22H,9-14,17H2,1-6H3;3-4,9,11H,5-8,14H2,1-2H3;7-8H,3-6H2,1-2H3;1-4H,7H2. The van der Waals surface area contributed by atoms with Gasteiger partial charge in [0.05, 0.1) is 35.8 Å². The summed E-state index contributed by atoms with van der Waals surface area (Å²) >= 11 is 0. The number of Topliss-reactive ketones (excluding diaryl/α,β-unsaturated/α-hetero) is 1. The number of methoxy groups -OCH3 is 1. The fourth-order valence-electron chi connectivity index (χ4n) is 8.83. The van der Waals surface area contributed by atoms with Crippen molar-refractivity contribution in [1.82, 2.24) is 49.1 Å². The smallest absolute Gasteiger partial charge is 0.299 e. The van der Waals surface area contributed by atoms with Crippen molar-refractivity contribution in [3.05, 3.63) is 95.2 Å². The second-order valence-electron chi connectivity index (χ2n) is 19.5. The topological polar surface area (TPSA) is 243 Å². The molecule has 21 heteroatoms. The summed E-state index contributed by atoms with van der Waals surface area (Å²) in [6, 6.07) is 15.2. The van der Waals surface area contributed by atoms with Crippen LogP contribution in [0.4, 0.5) is 11.4 Å². The predicted octanol–water partition coefficient (Wildman–Crippen LogP) is 4.02. The molecule has 20 nitrogen and oxygen atoms in total. The van der Waals surface area contributed by atoms with Crippen LogP contribution in [0.3, 0.4) is 0 Å². The number of likely N-dealkylation sites (tertiary alicyclic amines) is 2. The van der Waals surface area contributed by atoms with Gasteiger partial charge in [-0.15, -0.1) is 0 Å². The van der Waals surface area contributed by atoms with Crippen LogP contribution in [-0.2, 0) is 26.0 Å². The Bertz CT molecular complexity index is 2470. The molecule has 0 bridgehead atoms. The summed E-state index contributed by atoms with van der Waals surface area (Å²) in [5.74, 6) is 0.668. The highest BCUT2D eigenvalue weighted by Crippen LogP contribution is 2.28. The van der Waals surface area contributed by atoms with E-state index in [9.17, 15) is 27.6 Å². The molecule has 7 rings (SSSR count). The quantitative estimate of drug-likeness (QED) is 0.142. The van der Waals surface area contributed by atoms with E-state index in [0.29, 0.717) is 76.8 Å². The Labute approximate surface area is 438 Å². The third-order valence-electron chi connectivity index (χ3n) is 13.4. The lowest BCUT2D eigenvalue weighted by molar-refractivity contribution is -0.121. The van der Waals surface area contributed by atoms with Gasteiger partial charge >= 0.3 is 0 Å². The first-order chi connectivity index (χ1) is 35.1. The number of carbonyl (C=O) groups excluding carboxylic acids is 4. The van der Waals surface area contributed by atoms with Crippen LogP contribution in [0, 0.1) is 13.8 Å². The number of pyridine rings is 3. The number of sulfonamides is 1. The number of carbonyl (C=O) groups is 4. The number of ether oxygens (including phenoxy) is 2. The van der Waals surface area contributed by atoms with Crippen molar-refractivity contribution < 1.29 is 37.1 Å². The van der Waals surface area contributed by atoms with E-state index in [1.165, 1.54) is 62.9 Å². The molecule has 6 heterocycles. The molecule has 0 spiro atoms. The van der Waals surface area contributed by atoms with Crippen molar-refractivity contribution in [3.63, 3.8) is 0 Å². The Morgan fingerprint density at radius 1 is 0.689 bits per heavy atom. The molecule has 5 N–H and O–H groups in total. The van der Waals surface area contributed by atoms with Gasteiger partial charge in [0.2, 0.25) is 15.9 Å². The van der Waals surface area contributed by atoms with Gasteiger partial charge in [-0.2, -0.15) is 0 Å². The first-order valence-corrected chi connectivity index (χ1v) is 26.5. The number of anilines is 2. The highest BCUT2D eigenvalue weighted by atomic mass is 32.2. The van der Waals surface area contributed by atoms with Gasteiger partial charge in [0.25, 0.3) is 18.3 Å². The minimum absolute atomic E-state index is 0.00667. The molecule has 0 atom stereocenters. The predicted molar refractivity (Wildman–Crippen MR) is 289 cm³/mol. The number of aromatic nitrogens is 3. The molecule has 0 saturated carbocycles. The van der Waals surface area contributed by atoms with Gasteiger partial charge in [-0.1, -0.05) is 6.07 Å². The molecule has 3 saturated heterocycles. The number of nitrogen functional groups attached to an aromatic ring is 2. The monoisotopic (exact) mass is 1040 g/mol. The molecule has 3 aliphatic rings. The molecule has 3 aliphatic heterocycles. The molecule has 0 radical (unpaired) electrons. The number of nitrogens with one attached hydrogen (secondary N) is 1. The Balaban J connectivity index is 0.000000260. The normalized spacial score (nSPS) is 15.6. The van der Waals surface area contributed by atoms with Crippen molar-refractivity contribution in [2.45, 2.75) is 88.2 Å². The zero-order chi connectivity index (χ0) is 54.5. The number of aryl methyl sites for hydroxylation is 2. The molecule has 0 aliphatic carbocycles. The Morgan fingerprint density at radius 3 is 1.54 bits per heavy atom. The average Bonchev–Trinajstić information content (AvgIpc) is 3.39. The second-order valence-corrected chi connectivity index (χ2v) is 21.5. The van der Waals surface area contributed by atoms with Crippen LogP contribution in [0.1, 0.15) is 82.6 Å². The maximum absolute atomic E-state index is 13.2. The van der Waals surface area contributed by atoms with Crippen molar-refractivity contribution in [3.8, 4) is 11.6 Å². The lowest BCUT2D eigenvalue weighted by atomic mass is 10.0. The number of nitrogens with two attached hydrogens (primary N) is 2. The van der Waals surface area contributed by atoms with Gasteiger partial charge in [-0.05, 0) is 161 Å². The van der Waals surface area contributed by atoms with E-state index in [2.05, 4.69) is 82.0 Å². The van der Waals surface area contributed by atoms with E-state index < -0.39 is 10.0 Å². The van der Waals surface area contributed by atoms with Crippen molar-refractivity contribution in [2.24, 2.45) is 0 Å². The van der Waals surface area contributed by atoms with Crippen LogP contribution >= 0.6 is 0 Å². The Hall–Kier alpha value is -6.10. The number of rotatable bonds is 15. The summed E-state index contributed by atoms with van der Waals surface area (Å²) in [5.41, 5.74) is 14.7. The van der Waals surface area contributed by atoms with Gasteiger partial charge in [-0.3, -0.25) is 24.2 Å². The highest BCUT2D eigenvalue weighted by Gasteiger charge is 2.28. The number of benzene rings is 1. The van der Waals surface area contributed by atoms with E-state index in [4.69, 9.17) is 16.2 Å². The van der Waals surface area contributed by atoms with Crippen LogP contribution < -0.4 is 26.3 Å². The average molecular weight is 1050 g/mol. The summed E-state index contributed by atoms with van der Waals surface area (Å²) in [4.78, 5) is 70.1. The van der Waals surface area contributed by atoms with Crippen LogP contribution in [0.5, 0.6) is 11.6 Å². The molecule has 3 fully saturated rings. The number of nitrogens with zero attached hydrogens (tertiary/aromatic N) is 9. The molecule has 2 amide bonds. The Kier molecular flexibility index (Phi) is 24.3. The van der Waals surface area contributed by atoms with E-state index in [1.807, 2.05) is 9.80 Å². The van der Waals surface area contributed by atoms with Crippen molar-refractivity contribution in [2.75, 3.05) is 114 Å². The van der Waals surface area contributed by atoms with Crippen molar-refractivity contribution >= 4 is 45.5 Å². The van der Waals surface area contributed by atoms with Crippen molar-refractivity contribution in [1.29, 1.82) is 0 Å². The number of amides is 2. The molecule has 1 aromatic carbocycles. The number of hydrogen-bond acceptors (Lipinski definition) is 17. The van der Waals surface area contributed by atoms with Gasteiger partial charge in [-0.25, -0.2) is 22.7 Å². The lowest BCUT2D eigenvalue weighted by Crippen LogP contribution is -2.44. The largest absolute Gasteiger partial charge is 0.497 e. The number of ketones is 1. The molecule has 74 heavy (non-hydrogen) atoms. The molecular formula is C53H80N12O8S. The highest BCUT2D eigenvalue weighted by molar-refractivity contribution is 7.89. The van der Waals surface area contributed by atoms with E-state index in [-0.39, 0.29) is 47.8 Å². The summed E-state index contributed by atoms with van der Waals surface area (Å²) < 4.78 is 37.2. The maximum atomic E-state index is 13.2. The fraction of sp³-hybridized carbons (Fsp3) is 0.528. The van der Waals surface area contributed by atoms with Gasteiger partial charge < -0.3 is 50.8 Å². The van der Waals surface area contributed by atoms with E-state index >= 15 is 0 Å². The van der Waals surface area contributed by atoms with Gasteiger partial charge in [0, 0.05) is 83.0 Å². The van der Waals surface area contributed by atoms with Gasteiger partial charge in [0.1, 0.15) is 22.9 Å². The molecular weight excluding hydrogens is 965 g/mol. The molecule has 0 unspecified atom stereocenters. The van der Waals surface area contributed by atoms with Crippen LogP contribution in [0.2, 0.25) is 0 Å². The summed E-state index contributed by atoms with van der Waals surface area (Å²) in [7, 11) is 11.9. The first-order valence-electron chi connectivity index (χ1n) is 25.0. The summed E-state index contributed by atoms with van der Waals surface area (Å²) in [6.07, 6.45) is 11.2. The van der Waals surface area contributed by atoms with Gasteiger partial charge in [0.15, 0.2) is 0 Å². The molecule has 4 aromatic rings. The van der Waals surface area contributed by atoms with Crippen LogP contribution in [0.25, 0.3) is 0 Å². The first kappa shape index (κ1) is 60.5. The summed E-state index contributed by atoms with van der Waals surface area (Å²) in [6.45, 7) is 9.25. The number of piperidine rings is 3. The third-order valence-corrected chi connectivity index (χ3v) is 15.6. The van der Waals surface area contributed by atoms with E-state index in [1.54, 1.807) is 62.5 Å². The van der Waals surface area contributed by atoms with E-state index in [0.717, 1.165) is 44.8 Å². The summed E-state index contributed by atoms with van der Waals surface area (Å²) in [5, 5.41) is 3.34. The maximum Gasteiger partial charge on any atom is 0.299 e. The molecule has 3 aromatic heterocycles. The Morgan fingerprint density at radius 2 is 1.15 bits per heavy atom. The zero-order valence-electron chi connectivity index (χ0n) is 45.1. The fourth-order valence-corrected chi connectivity index (χ4v) is 10.4. The molecule has 406 valence electrons. The van der Waals surface area contributed by atoms with Crippen LogP contribution in [-0.4, -0.2) is 197 Å². The third kappa shape index (κ3) is 18.7. The number of hydrogen-bond donors (Lipinski definition) is 3.